The van der Waals surface area contributed by atoms with E-state index in [-0.39, 0.29) is 24.9 Å². The summed E-state index contributed by atoms with van der Waals surface area (Å²) >= 11 is 0. The van der Waals surface area contributed by atoms with E-state index in [9.17, 15) is 14.0 Å². The van der Waals surface area contributed by atoms with Crippen LogP contribution in [0.15, 0.2) is 48.5 Å². The third kappa shape index (κ3) is 4.12. The van der Waals surface area contributed by atoms with Crippen molar-refractivity contribution in [2.75, 3.05) is 13.1 Å². The molecule has 1 atom stereocenters. The average Bonchev–Trinajstić information content (AvgIpc) is 3.07. The van der Waals surface area contributed by atoms with Crippen molar-refractivity contribution < 1.29 is 23.9 Å². The molecule has 3 aromatic rings. The van der Waals surface area contributed by atoms with E-state index in [2.05, 4.69) is 4.98 Å². The van der Waals surface area contributed by atoms with Gasteiger partial charge in [0.25, 0.3) is 5.91 Å². The lowest BCUT2D eigenvalue weighted by molar-refractivity contribution is -0.139. The minimum Gasteiger partial charge on any atom is -0.489 e. The highest BCUT2D eigenvalue weighted by molar-refractivity contribution is 5.92. The average molecular weight is 438 g/mol. The summed E-state index contributed by atoms with van der Waals surface area (Å²) in [5, 5.41) is 9.37. The number of amides is 2. The van der Waals surface area contributed by atoms with Gasteiger partial charge in [0.15, 0.2) is 0 Å². The first-order valence-corrected chi connectivity index (χ1v) is 10.1. The summed E-state index contributed by atoms with van der Waals surface area (Å²) in [4.78, 5) is 29.8. The SMILES string of the molecule is Cc1cc(COc2ccc(C3(N)CCN(CC(=O)NO)C3=O)cc2)c2cc(F)ccc2n1. The van der Waals surface area contributed by atoms with Gasteiger partial charge in [-0.15, -0.1) is 0 Å². The number of ether oxygens (including phenoxy) is 1. The number of hydrogen-bond acceptors (Lipinski definition) is 6. The zero-order valence-electron chi connectivity index (χ0n) is 17.5. The number of benzene rings is 2. The number of aromatic nitrogens is 1. The molecule has 0 saturated carbocycles. The molecule has 0 radical (unpaired) electrons. The Balaban J connectivity index is 1.48. The van der Waals surface area contributed by atoms with Gasteiger partial charge in [-0.25, -0.2) is 9.87 Å². The van der Waals surface area contributed by atoms with Gasteiger partial charge in [-0.2, -0.15) is 0 Å². The molecule has 2 heterocycles. The fourth-order valence-electron chi connectivity index (χ4n) is 3.97. The summed E-state index contributed by atoms with van der Waals surface area (Å²) < 4.78 is 19.6. The first kappa shape index (κ1) is 21.7. The van der Waals surface area contributed by atoms with Gasteiger partial charge in [0.2, 0.25) is 5.91 Å². The number of aryl methyl sites for hydroxylation is 1. The van der Waals surface area contributed by atoms with E-state index in [0.29, 0.717) is 35.2 Å². The maximum Gasteiger partial charge on any atom is 0.262 e. The summed E-state index contributed by atoms with van der Waals surface area (Å²) in [6.07, 6.45) is 0.346. The van der Waals surface area contributed by atoms with Crippen LogP contribution in [-0.2, 0) is 21.7 Å². The van der Waals surface area contributed by atoms with E-state index >= 15 is 0 Å². The fraction of sp³-hybridized carbons (Fsp3) is 0.261. The van der Waals surface area contributed by atoms with E-state index in [1.165, 1.54) is 22.5 Å². The Kier molecular flexibility index (Phi) is 5.77. The number of hydroxylamine groups is 1. The van der Waals surface area contributed by atoms with Crippen LogP contribution < -0.4 is 16.0 Å². The molecular weight excluding hydrogens is 415 g/mol. The molecule has 1 aliphatic heterocycles. The van der Waals surface area contributed by atoms with Crippen molar-refractivity contribution in [3.05, 3.63) is 71.2 Å². The van der Waals surface area contributed by atoms with E-state index < -0.39 is 11.4 Å². The molecule has 9 heteroatoms. The number of hydrogen-bond donors (Lipinski definition) is 3. The molecule has 2 amide bonds. The molecule has 32 heavy (non-hydrogen) atoms. The molecule has 1 unspecified atom stereocenters. The van der Waals surface area contributed by atoms with Crippen molar-refractivity contribution in [2.45, 2.75) is 25.5 Å². The lowest BCUT2D eigenvalue weighted by Gasteiger charge is -2.23. The predicted molar refractivity (Wildman–Crippen MR) is 114 cm³/mol. The van der Waals surface area contributed by atoms with E-state index in [1.54, 1.807) is 30.3 Å². The van der Waals surface area contributed by atoms with Crippen LogP contribution in [0.25, 0.3) is 10.9 Å². The number of nitrogens with zero attached hydrogens (tertiary/aromatic N) is 2. The Labute approximate surface area is 183 Å². The number of nitrogens with one attached hydrogen (secondary N) is 1. The monoisotopic (exact) mass is 438 g/mol. The number of halogens is 1. The highest BCUT2D eigenvalue weighted by Gasteiger charge is 2.45. The van der Waals surface area contributed by atoms with Gasteiger partial charge in [0, 0.05) is 23.2 Å². The number of rotatable bonds is 6. The maximum absolute atomic E-state index is 13.7. The van der Waals surface area contributed by atoms with Gasteiger partial charge in [-0.1, -0.05) is 12.1 Å². The minimum absolute atomic E-state index is 0.222. The molecule has 4 rings (SSSR count). The van der Waals surface area contributed by atoms with Crippen molar-refractivity contribution >= 4 is 22.7 Å². The van der Waals surface area contributed by atoms with Crippen LogP contribution in [-0.4, -0.2) is 40.0 Å². The van der Waals surface area contributed by atoms with Crippen LogP contribution in [0.2, 0.25) is 0 Å². The molecule has 0 aliphatic carbocycles. The first-order valence-electron chi connectivity index (χ1n) is 10.1. The zero-order chi connectivity index (χ0) is 22.9. The molecule has 1 aromatic heterocycles. The lowest BCUT2D eigenvalue weighted by Crippen LogP contribution is -2.47. The Bertz CT molecular complexity index is 1180. The second-order valence-electron chi connectivity index (χ2n) is 7.88. The Morgan fingerprint density at radius 2 is 2.03 bits per heavy atom. The Hall–Kier alpha value is -3.56. The van der Waals surface area contributed by atoms with E-state index in [0.717, 1.165) is 11.3 Å². The number of likely N-dealkylation sites (tertiary alicyclic amines) is 1. The van der Waals surface area contributed by atoms with Crippen LogP contribution in [0.1, 0.15) is 23.2 Å². The number of carbonyl (C=O) groups excluding carboxylic acids is 2. The quantitative estimate of drug-likeness (QED) is 0.401. The first-order chi connectivity index (χ1) is 15.3. The molecule has 8 nitrogen and oxygen atoms in total. The molecule has 0 spiro atoms. The number of carbonyl (C=O) groups is 2. The topological polar surface area (TPSA) is 118 Å². The van der Waals surface area contributed by atoms with Crippen molar-refractivity contribution in [1.29, 1.82) is 0 Å². The van der Waals surface area contributed by atoms with Crippen LogP contribution in [0.4, 0.5) is 4.39 Å². The molecule has 166 valence electrons. The van der Waals surface area contributed by atoms with Crippen LogP contribution >= 0.6 is 0 Å². The van der Waals surface area contributed by atoms with Gasteiger partial charge in [0.1, 0.15) is 30.3 Å². The number of fused-ring (bicyclic) bond motifs is 1. The largest absolute Gasteiger partial charge is 0.489 e. The summed E-state index contributed by atoms with van der Waals surface area (Å²) in [6, 6.07) is 13.2. The van der Waals surface area contributed by atoms with Crippen LogP contribution in [0, 0.1) is 12.7 Å². The molecule has 0 bridgehead atoms. The van der Waals surface area contributed by atoms with Gasteiger partial charge in [-0.05, 0) is 55.3 Å². The van der Waals surface area contributed by atoms with Gasteiger partial charge >= 0.3 is 0 Å². The van der Waals surface area contributed by atoms with Crippen LogP contribution in [0.5, 0.6) is 5.75 Å². The van der Waals surface area contributed by atoms with Crippen molar-refractivity contribution in [3.8, 4) is 5.75 Å². The second kappa shape index (κ2) is 8.52. The van der Waals surface area contributed by atoms with Gasteiger partial charge in [0.05, 0.1) is 5.52 Å². The highest BCUT2D eigenvalue weighted by Crippen LogP contribution is 2.32. The minimum atomic E-state index is -1.25. The lowest BCUT2D eigenvalue weighted by atomic mass is 9.89. The maximum atomic E-state index is 13.7. The highest BCUT2D eigenvalue weighted by atomic mass is 19.1. The van der Waals surface area contributed by atoms with Crippen molar-refractivity contribution in [3.63, 3.8) is 0 Å². The molecule has 2 aromatic carbocycles. The van der Waals surface area contributed by atoms with E-state index in [4.69, 9.17) is 15.7 Å². The van der Waals surface area contributed by atoms with Crippen molar-refractivity contribution in [1.82, 2.24) is 15.4 Å². The smallest absolute Gasteiger partial charge is 0.262 e. The van der Waals surface area contributed by atoms with E-state index in [1.807, 2.05) is 13.0 Å². The molecule has 1 fully saturated rings. The second-order valence-corrected chi connectivity index (χ2v) is 7.88. The summed E-state index contributed by atoms with van der Waals surface area (Å²) in [7, 11) is 0. The normalized spacial score (nSPS) is 18.2. The predicted octanol–water partition coefficient (Wildman–Crippen LogP) is 2.15. The molecular formula is C23H23FN4O4. The van der Waals surface area contributed by atoms with Gasteiger partial charge in [-0.3, -0.25) is 19.8 Å². The third-order valence-corrected chi connectivity index (χ3v) is 5.65. The Morgan fingerprint density at radius 1 is 1.28 bits per heavy atom. The summed E-state index contributed by atoms with van der Waals surface area (Å²) in [5.41, 5.74) is 9.57. The standard InChI is InChI=1S/C23H23FN4O4/c1-14-10-15(19-11-17(24)4-7-20(19)26-14)13-32-18-5-2-16(3-6-18)23(25)8-9-28(22(23)30)12-21(29)27-31/h2-7,10-11,31H,8-9,12-13,25H2,1H3,(H,27,29). The number of pyridine rings is 1. The number of nitrogens with two attached hydrogens (primary N) is 1. The molecule has 4 N–H and O–H groups in total. The van der Waals surface area contributed by atoms with Crippen molar-refractivity contribution in [2.24, 2.45) is 5.73 Å². The summed E-state index contributed by atoms with van der Waals surface area (Å²) in [5.74, 6) is -0.826. The zero-order valence-corrected chi connectivity index (χ0v) is 17.5. The molecule has 1 aliphatic rings. The molecule has 1 saturated heterocycles. The van der Waals surface area contributed by atoms with Crippen LogP contribution in [0.3, 0.4) is 0 Å². The van der Waals surface area contributed by atoms with Gasteiger partial charge < -0.3 is 15.4 Å². The Morgan fingerprint density at radius 3 is 2.75 bits per heavy atom. The third-order valence-electron chi connectivity index (χ3n) is 5.65. The fourth-order valence-corrected chi connectivity index (χ4v) is 3.97. The summed E-state index contributed by atoms with van der Waals surface area (Å²) in [6.45, 7) is 2.15.